The van der Waals surface area contributed by atoms with Gasteiger partial charge in [0, 0.05) is 0 Å². The van der Waals surface area contributed by atoms with Crippen LogP contribution < -0.4 is 4.72 Å². The van der Waals surface area contributed by atoms with Crippen LogP contribution in [0.2, 0.25) is 0 Å². The molecule has 0 bridgehead atoms. The van der Waals surface area contributed by atoms with Gasteiger partial charge in [0.25, 0.3) is 10.0 Å². The quantitative estimate of drug-likeness (QED) is 0.914. The molecule has 0 unspecified atom stereocenters. The highest BCUT2D eigenvalue weighted by Crippen LogP contribution is 2.20. The minimum atomic E-state index is -3.43. The fourth-order valence-corrected chi connectivity index (χ4v) is 3.52. The summed E-state index contributed by atoms with van der Waals surface area (Å²) in [4.78, 5) is 0. The van der Waals surface area contributed by atoms with Crippen molar-refractivity contribution in [2.45, 2.75) is 17.2 Å². The summed E-state index contributed by atoms with van der Waals surface area (Å²) in [7, 11) is -3.43. The summed E-state index contributed by atoms with van der Waals surface area (Å²) < 4.78 is 31.7. The van der Waals surface area contributed by atoms with Gasteiger partial charge in [-0.1, -0.05) is 6.07 Å². The van der Waals surface area contributed by atoms with Gasteiger partial charge in [-0.15, -0.1) is 11.3 Å². The molecule has 0 radical (unpaired) electrons. The maximum atomic E-state index is 11.9. The van der Waals surface area contributed by atoms with E-state index in [4.69, 9.17) is 4.42 Å². The molecule has 2 heterocycles. The second kappa shape index (κ2) is 4.40. The van der Waals surface area contributed by atoms with E-state index in [2.05, 4.69) is 4.72 Å². The number of thiophene rings is 1. The maximum absolute atomic E-state index is 11.9. The van der Waals surface area contributed by atoms with E-state index in [0.29, 0.717) is 9.97 Å². The van der Waals surface area contributed by atoms with Gasteiger partial charge in [-0.2, -0.15) is 0 Å². The van der Waals surface area contributed by atoms with Gasteiger partial charge in [-0.05, 0) is 30.5 Å². The third-order valence-corrected chi connectivity index (χ3v) is 5.00. The van der Waals surface area contributed by atoms with Crippen LogP contribution in [0.15, 0.2) is 44.5 Å². The number of rotatable bonds is 4. The van der Waals surface area contributed by atoms with Gasteiger partial charge in [-0.25, -0.2) is 13.1 Å². The van der Waals surface area contributed by atoms with Crippen LogP contribution in [0.1, 0.15) is 18.7 Å². The number of furan rings is 1. The van der Waals surface area contributed by atoms with Crippen LogP contribution in [0.3, 0.4) is 0 Å². The summed E-state index contributed by atoms with van der Waals surface area (Å²) in [6, 6.07) is 6.37. The SMILES string of the molecule is C[C@H](NS(=O)(=O)c1cccs1)c1ccco1. The van der Waals surface area contributed by atoms with Crippen LogP contribution >= 0.6 is 11.3 Å². The van der Waals surface area contributed by atoms with Crippen molar-refractivity contribution < 1.29 is 12.8 Å². The fourth-order valence-electron chi connectivity index (χ4n) is 1.30. The van der Waals surface area contributed by atoms with Crippen LogP contribution in [0, 0.1) is 0 Å². The van der Waals surface area contributed by atoms with Gasteiger partial charge in [0.2, 0.25) is 0 Å². The molecule has 6 heteroatoms. The Labute approximate surface area is 98.0 Å². The zero-order chi connectivity index (χ0) is 11.6. The largest absolute Gasteiger partial charge is 0.468 e. The summed E-state index contributed by atoms with van der Waals surface area (Å²) in [5, 5.41) is 1.73. The van der Waals surface area contributed by atoms with E-state index >= 15 is 0 Å². The van der Waals surface area contributed by atoms with Gasteiger partial charge in [0.05, 0.1) is 12.3 Å². The molecule has 0 aromatic carbocycles. The molecule has 0 amide bonds. The van der Waals surface area contributed by atoms with E-state index in [1.165, 1.54) is 17.6 Å². The average Bonchev–Trinajstić information content (AvgIpc) is 2.91. The monoisotopic (exact) mass is 257 g/mol. The highest BCUT2D eigenvalue weighted by atomic mass is 32.2. The molecule has 1 atom stereocenters. The molecule has 1 N–H and O–H groups in total. The molecule has 16 heavy (non-hydrogen) atoms. The van der Waals surface area contributed by atoms with E-state index in [1.54, 1.807) is 36.6 Å². The van der Waals surface area contributed by atoms with E-state index in [-0.39, 0.29) is 6.04 Å². The number of hydrogen-bond acceptors (Lipinski definition) is 4. The predicted molar refractivity (Wildman–Crippen MR) is 61.8 cm³/mol. The Morgan fingerprint density at radius 1 is 1.38 bits per heavy atom. The fraction of sp³-hybridized carbons (Fsp3) is 0.200. The van der Waals surface area contributed by atoms with Crippen molar-refractivity contribution >= 4 is 21.4 Å². The molecular weight excluding hydrogens is 246 g/mol. The second-order valence-corrected chi connectivity index (χ2v) is 6.18. The van der Waals surface area contributed by atoms with Crippen molar-refractivity contribution in [3.63, 3.8) is 0 Å². The highest BCUT2D eigenvalue weighted by Gasteiger charge is 2.20. The molecule has 2 aromatic heterocycles. The molecule has 2 aromatic rings. The lowest BCUT2D eigenvalue weighted by atomic mass is 10.3. The van der Waals surface area contributed by atoms with E-state index in [1.807, 2.05) is 0 Å². The van der Waals surface area contributed by atoms with Crippen molar-refractivity contribution in [2.24, 2.45) is 0 Å². The van der Waals surface area contributed by atoms with Gasteiger partial charge >= 0.3 is 0 Å². The van der Waals surface area contributed by atoms with Crippen molar-refractivity contribution in [1.82, 2.24) is 4.72 Å². The minimum absolute atomic E-state index is 0.311. The third-order valence-electron chi connectivity index (χ3n) is 2.06. The van der Waals surface area contributed by atoms with E-state index in [9.17, 15) is 8.42 Å². The summed E-state index contributed by atoms with van der Waals surface area (Å²) in [5.41, 5.74) is 0. The average molecular weight is 257 g/mol. The summed E-state index contributed by atoms with van der Waals surface area (Å²) in [5.74, 6) is 0.597. The maximum Gasteiger partial charge on any atom is 0.250 e. The van der Waals surface area contributed by atoms with Crippen LogP contribution in [0.25, 0.3) is 0 Å². The van der Waals surface area contributed by atoms with Crippen LogP contribution in [0.5, 0.6) is 0 Å². The van der Waals surface area contributed by atoms with Crippen LogP contribution in [-0.4, -0.2) is 8.42 Å². The van der Waals surface area contributed by atoms with Gasteiger partial charge in [0.15, 0.2) is 0 Å². The first-order chi connectivity index (χ1) is 7.59. The van der Waals surface area contributed by atoms with E-state index in [0.717, 1.165) is 0 Å². The Morgan fingerprint density at radius 3 is 2.75 bits per heavy atom. The molecule has 0 aliphatic carbocycles. The van der Waals surface area contributed by atoms with Crippen LogP contribution in [-0.2, 0) is 10.0 Å². The number of sulfonamides is 1. The molecule has 0 saturated carbocycles. The van der Waals surface area contributed by atoms with Crippen molar-refractivity contribution in [1.29, 1.82) is 0 Å². The van der Waals surface area contributed by atoms with Gasteiger partial charge in [-0.3, -0.25) is 0 Å². The molecule has 4 nitrogen and oxygen atoms in total. The molecule has 0 aliphatic heterocycles. The molecule has 0 fully saturated rings. The molecule has 0 aliphatic rings. The Bertz CT molecular complexity index is 529. The first-order valence-corrected chi connectivity index (χ1v) is 7.05. The van der Waals surface area contributed by atoms with Crippen molar-refractivity contribution in [3.8, 4) is 0 Å². The van der Waals surface area contributed by atoms with Crippen molar-refractivity contribution in [3.05, 3.63) is 41.7 Å². The summed E-state index contributed by atoms with van der Waals surface area (Å²) in [6.07, 6.45) is 1.52. The standard InChI is InChI=1S/C10H11NO3S2/c1-8(9-4-2-6-14-9)11-16(12,13)10-5-3-7-15-10/h2-8,11H,1H3/t8-/m0/s1. The second-order valence-electron chi connectivity index (χ2n) is 3.29. The van der Waals surface area contributed by atoms with E-state index < -0.39 is 10.0 Å². The predicted octanol–water partition coefficient (Wildman–Crippen LogP) is 2.38. The lowest BCUT2D eigenvalue weighted by molar-refractivity contribution is 0.459. The van der Waals surface area contributed by atoms with Gasteiger partial charge in [0.1, 0.15) is 9.97 Å². The minimum Gasteiger partial charge on any atom is -0.468 e. The lowest BCUT2D eigenvalue weighted by Crippen LogP contribution is -2.25. The zero-order valence-corrected chi connectivity index (χ0v) is 10.2. The van der Waals surface area contributed by atoms with Crippen LogP contribution in [0.4, 0.5) is 0 Å². The number of hydrogen-bond donors (Lipinski definition) is 1. The first kappa shape index (κ1) is 11.4. The topological polar surface area (TPSA) is 59.3 Å². The summed E-state index contributed by atoms with van der Waals surface area (Å²) in [6.45, 7) is 1.74. The Kier molecular flexibility index (Phi) is 3.13. The zero-order valence-electron chi connectivity index (χ0n) is 8.58. The molecule has 0 saturated heterocycles. The first-order valence-electron chi connectivity index (χ1n) is 4.69. The Morgan fingerprint density at radius 2 is 2.19 bits per heavy atom. The Balaban J connectivity index is 2.16. The molecule has 0 spiro atoms. The molecule has 86 valence electrons. The highest BCUT2D eigenvalue weighted by molar-refractivity contribution is 7.91. The summed E-state index contributed by atoms with van der Waals surface area (Å²) >= 11 is 1.19. The van der Waals surface area contributed by atoms with Crippen molar-refractivity contribution in [2.75, 3.05) is 0 Å². The molecular formula is C10H11NO3S2. The lowest BCUT2D eigenvalue weighted by Gasteiger charge is -2.10. The number of nitrogens with one attached hydrogen (secondary N) is 1. The molecule has 2 rings (SSSR count). The van der Waals surface area contributed by atoms with Gasteiger partial charge < -0.3 is 4.42 Å². The Hall–Kier alpha value is -1.11. The third kappa shape index (κ3) is 2.34. The smallest absolute Gasteiger partial charge is 0.250 e. The normalized spacial score (nSPS) is 13.8.